The van der Waals surface area contributed by atoms with E-state index in [2.05, 4.69) is 5.32 Å². The van der Waals surface area contributed by atoms with Crippen LogP contribution in [0.2, 0.25) is 0 Å². The highest BCUT2D eigenvalue weighted by Crippen LogP contribution is 2.21. The summed E-state index contributed by atoms with van der Waals surface area (Å²) in [6, 6.07) is 11.7. The van der Waals surface area contributed by atoms with Crippen LogP contribution in [0.1, 0.15) is 18.9 Å². The standard InChI is InChI=1S/C18H15F2N3O2/c1-12(24)23(16-8-3-2-5-13(16)11-21)10-9-17(25)22-18-14(19)6-4-7-15(18)20/h2-8H,9-10H2,1H3,(H,22,25). The molecule has 0 radical (unpaired) electrons. The Hall–Kier alpha value is -3.27. The molecule has 25 heavy (non-hydrogen) atoms. The van der Waals surface area contributed by atoms with E-state index in [0.29, 0.717) is 11.3 Å². The average Bonchev–Trinajstić information content (AvgIpc) is 2.58. The summed E-state index contributed by atoms with van der Waals surface area (Å²) in [7, 11) is 0. The molecule has 0 unspecified atom stereocenters. The van der Waals surface area contributed by atoms with Crippen molar-refractivity contribution in [1.82, 2.24) is 0 Å². The quantitative estimate of drug-likeness (QED) is 0.906. The summed E-state index contributed by atoms with van der Waals surface area (Å²) in [5.41, 5.74) is 0.139. The molecule has 7 heteroatoms. The number of hydrogen-bond acceptors (Lipinski definition) is 3. The molecule has 128 valence electrons. The van der Waals surface area contributed by atoms with Crippen molar-refractivity contribution >= 4 is 23.2 Å². The van der Waals surface area contributed by atoms with Gasteiger partial charge in [0, 0.05) is 19.9 Å². The molecule has 0 aliphatic carbocycles. The normalized spacial score (nSPS) is 10.0. The summed E-state index contributed by atoms with van der Waals surface area (Å²) in [4.78, 5) is 25.1. The zero-order valence-corrected chi connectivity index (χ0v) is 13.4. The Morgan fingerprint density at radius 1 is 1.12 bits per heavy atom. The highest BCUT2D eigenvalue weighted by Gasteiger charge is 2.18. The summed E-state index contributed by atoms with van der Waals surface area (Å²) >= 11 is 0. The van der Waals surface area contributed by atoms with Crippen LogP contribution in [0.4, 0.5) is 20.2 Å². The molecule has 1 N–H and O–H groups in total. The minimum atomic E-state index is -0.883. The first-order valence-electron chi connectivity index (χ1n) is 7.45. The molecular weight excluding hydrogens is 328 g/mol. The fourth-order valence-corrected chi connectivity index (χ4v) is 2.28. The average molecular weight is 343 g/mol. The van der Waals surface area contributed by atoms with E-state index in [-0.39, 0.29) is 18.9 Å². The molecule has 0 bridgehead atoms. The van der Waals surface area contributed by atoms with Gasteiger partial charge in [-0.05, 0) is 24.3 Å². The number of hydrogen-bond donors (Lipinski definition) is 1. The highest BCUT2D eigenvalue weighted by molar-refractivity contribution is 5.95. The molecular formula is C18H15F2N3O2. The highest BCUT2D eigenvalue weighted by atomic mass is 19.1. The van der Waals surface area contributed by atoms with E-state index in [4.69, 9.17) is 5.26 Å². The lowest BCUT2D eigenvalue weighted by Gasteiger charge is -2.22. The minimum absolute atomic E-state index is 0.0318. The van der Waals surface area contributed by atoms with Crippen molar-refractivity contribution in [1.29, 1.82) is 5.26 Å². The van der Waals surface area contributed by atoms with Crippen LogP contribution in [0.25, 0.3) is 0 Å². The van der Waals surface area contributed by atoms with E-state index >= 15 is 0 Å². The van der Waals surface area contributed by atoms with Crippen LogP contribution in [-0.4, -0.2) is 18.4 Å². The molecule has 2 amide bonds. The van der Waals surface area contributed by atoms with Gasteiger partial charge in [0.15, 0.2) is 0 Å². The molecule has 0 aliphatic rings. The first-order valence-corrected chi connectivity index (χ1v) is 7.45. The van der Waals surface area contributed by atoms with Crippen molar-refractivity contribution in [3.05, 3.63) is 59.7 Å². The first kappa shape index (κ1) is 18.1. The monoisotopic (exact) mass is 343 g/mol. The zero-order chi connectivity index (χ0) is 18.4. The van der Waals surface area contributed by atoms with Crippen LogP contribution >= 0.6 is 0 Å². The molecule has 0 saturated heterocycles. The Balaban J connectivity index is 2.10. The number of benzene rings is 2. The van der Waals surface area contributed by atoms with Crippen molar-refractivity contribution in [3.63, 3.8) is 0 Å². The van der Waals surface area contributed by atoms with Crippen LogP contribution in [0.5, 0.6) is 0 Å². The van der Waals surface area contributed by atoms with Gasteiger partial charge in [0.2, 0.25) is 11.8 Å². The van der Waals surface area contributed by atoms with Crippen LogP contribution < -0.4 is 10.2 Å². The third kappa shape index (κ3) is 4.38. The Bertz CT molecular complexity index is 826. The smallest absolute Gasteiger partial charge is 0.226 e. The van der Waals surface area contributed by atoms with Gasteiger partial charge in [0.05, 0.1) is 11.3 Å². The SMILES string of the molecule is CC(=O)N(CCC(=O)Nc1c(F)cccc1F)c1ccccc1C#N. The van der Waals surface area contributed by atoms with Crippen LogP contribution in [0, 0.1) is 23.0 Å². The summed E-state index contributed by atoms with van der Waals surface area (Å²) in [5, 5.41) is 11.3. The van der Waals surface area contributed by atoms with E-state index in [1.165, 1.54) is 17.9 Å². The van der Waals surface area contributed by atoms with Crippen LogP contribution in [0.3, 0.4) is 0 Å². The van der Waals surface area contributed by atoms with E-state index in [1.807, 2.05) is 6.07 Å². The topological polar surface area (TPSA) is 73.2 Å². The third-order valence-electron chi connectivity index (χ3n) is 3.49. The van der Waals surface area contributed by atoms with Crippen molar-refractivity contribution in [2.24, 2.45) is 0 Å². The van der Waals surface area contributed by atoms with Crippen LogP contribution in [-0.2, 0) is 9.59 Å². The molecule has 0 atom stereocenters. The summed E-state index contributed by atoms with van der Waals surface area (Å²) in [5.74, 6) is -2.77. The van der Waals surface area contributed by atoms with Gasteiger partial charge in [-0.15, -0.1) is 0 Å². The van der Waals surface area contributed by atoms with Gasteiger partial charge < -0.3 is 10.2 Å². The number of para-hydroxylation sites is 2. The number of nitriles is 1. The maximum Gasteiger partial charge on any atom is 0.226 e. The molecule has 2 rings (SSSR count). The maximum absolute atomic E-state index is 13.5. The lowest BCUT2D eigenvalue weighted by Crippen LogP contribution is -2.32. The predicted molar refractivity (Wildman–Crippen MR) is 88.8 cm³/mol. The predicted octanol–water partition coefficient (Wildman–Crippen LogP) is 3.22. The maximum atomic E-state index is 13.5. The number of halogens is 2. The molecule has 0 fully saturated rings. The number of carbonyl (C=O) groups excluding carboxylic acids is 2. The van der Waals surface area contributed by atoms with Crippen molar-refractivity contribution in [3.8, 4) is 6.07 Å². The van der Waals surface area contributed by atoms with Crippen LogP contribution in [0.15, 0.2) is 42.5 Å². The second kappa shape index (κ2) is 8.02. The van der Waals surface area contributed by atoms with Gasteiger partial charge in [-0.25, -0.2) is 8.78 Å². The number of anilines is 2. The van der Waals surface area contributed by atoms with Crippen molar-refractivity contribution < 1.29 is 18.4 Å². The Kier molecular flexibility index (Phi) is 5.79. The number of amides is 2. The second-order valence-corrected chi connectivity index (χ2v) is 5.19. The minimum Gasteiger partial charge on any atom is -0.321 e. The van der Waals surface area contributed by atoms with E-state index in [1.54, 1.807) is 24.3 Å². The van der Waals surface area contributed by atoms with Crippen molar-refractivity contribution in [2.75, 3.05) is 16.8 Å². The van der Waals surface area contributed by atoms with E-state index in [0.717, 1.165) is 12.1 Å². The molecule has 2 aromatic carbocycles. The van der Waals surface area contributed by atoms with Gasteiger partial charge in [-0.3, -0.25) is 9.59 Å². The number of rotatable bonds is 5. The van der Waals surface area contributed by atoms with Gasteiger partial charge >= 0.3 is 0 Å². The summed E-state index contributed by atoms with van der Waals surface area (Å²) < 4.78 is 27.1. The van der Waals surface area contributed by atoms with E-state index < -0.39 is 23.2 Å². The molecule has 0 heterocycles. The summed E-state index contributed by atoms with van der Waals surface area (Å²) in [6.07, 6.45) is -0.187. The van der Waals surface area contributed by atoms with Gasteiger partial charge in [-0.2, -0.15) is 5.26 Å². The Morgan fingerprint density at radius 2 is 1.76 bits per heavy atom. The van der Waals surface area contributed by atoms with Gasteiger partial charge in [0.1, 0.15) is 23.4 Å². The largest absolute Gasteiger partial charge is 0.321 e. The number of nitrogens with one attached hydrogen (secondary N) is 1. The molecule has 5 nitrogen and oxygen atoms in total. The molecule has 0 saturated carbocycles. The summed E-state index contributed by atoms with van der Waals surface area (Å²) in [6.45, 7) is 1.28. The zero-order valence-electron chi connectivity index (χ0n) is 13.4. The van der Waals surface area contributed by atoms with Crippen molar-refractivity contribution in [2.45, 2.75) is 13.3 Å². The lowest BCUT2D eigenvalue weighted by molar-refractivity contribution is -0.117. The Morgan fingerprint density at radius 3 is 2.36 bits per heavy atom. The fourth-order valence-electron chi connectivity index (χ4n) is 2.28. The molecule has 0 aliphatic heterocycles. The van der Waals surface area contributed by atoms with E-state index in [9.17, 15) is 18.4 Å². The second-order valence-electron chi connectivity index (χ2n) is 5.19. The number of nitrogens with zero attached hydrogens (tertiary/aromatic N) is 2. The lowest BCUT2D eigenvalue weighted by atomic mass is 10.1. The third-order valence-corrected chi connectivity index (χ3v) is 3.49. The van der Waals surface area contributed by atoms with Gasteiger partial charge in [0.25, 0.3) is 0 Å². The molecule has 0 spiro atoms. The number of carbonyl (C=O) groups is 2. The molecule has 2 aromatic rings. The fraction of sp³-hybridized carbons (Fsp3) is 0.167. The first-order chi connectivity index (χ1) is 11.9. The van der Waals surface area contributed by atoms with Gasteiger partial charge in [-0.1, -0.05) is 18.2 Å². The Labute approximate surface area is 143 Å². The molecule has 0 aromatic heterocycles.